The van der Waals surface area contributed by atoms with Crippen LogP contribution < -0.4 is 14.4 Å². The number of carboxylic acids is 1. The Kier molecular flexibility index (Phi) is 9.11. The quantitative estimate of drug-likeness (QED) is 0.219. The maximum atomic E-state index is 14.5. The second-order valence-electron chi connectivity index (χ2n) is 13.3. The third-order valence-corrected chi connectivity index (χ3v) is 10.3. The van der Waals surface area contributed by atoms with Gasteiger partial charge in [-0.2, -0.15) is 0 Å². The average Bonchev–Trinajstić information content (AvgIpc) is 3.76. The monoisotopic (exact) mass is 611 g/mol. The van der Waals surface area contributed by atoms with E-state index in [9.17, 15) is 14.7 Å². The molecular weight excluding hydrogens is 566 g/mol. The van der Waals surface area contributed by atoms with Crippen LogP contribution in [0.5, 0.6) is 11.6 Å². The van der Waals surface area contributed by atoms with Crippen LogP contribution in [-0.4, -0.2) is 53.6 Å². The van der Waals surface area contributed by atoms with Crippen LogP contribution in [0, 0.1) is 24.7 Å². The number of ether oxygens (including phenoxy) is 2. The van der Waals surface area contributed by atoms with Crippen LogP contribution >= 0.6 is 0 Å². The lowest BCUT2D eigenvalue weighted by Gasteiger charge is -2.36. The zero-order valence-corrected chi connectivity index (χ0v) is 26.7. The second kappa shape index (κ2) is 13.2. The van der Waals surface area contributed by atoms with Gasteiger partial charge in [0.05, 0.1) is 36.4 Å². The largest absolute Gasteiger partial charge is 0.497 e. The third-order valence-electron chi connectivity index (χ3n) is 10.3. The summed E-state index contributed by atoms with van der Waals surface area (Å²) in [5.41, 5.74) is 3.92. The highest BCUT2D eigenvalue weighted by Crippen LogP contribution is 2.47. The van der Waals surface area contributed by atoms with Gasteiger partial charge in [-0.05, 0) is 99.1 Å². The van der Waals surface area contributed by atoms with Gasteiger partial charge in [0.15, 0.2) is 5.78 Å². The average molecular weight is 612 g/mol. The van der Waals surface area contributed by atoms with Crippen LogP contribution in [0.15, 0.2) is 54.7 Å². The van der Waals surface area contributed by atoms with E-state index in [0.717, 1.165) is 98.4 Å². The highest BCUT2D eigenvalue weighted by atomic mass is 16.5. The molecule has 2 aliphatic carbocycles. The molecule has 1 aromatic carbocycles. The molecule has 3 aromatic rings. The molecule has 8 nitrogen and oxygen atoms in total. The fraction of sp³-hybridized carbons (Fsp3) is 0.514. The van der Waals surface area contributed by atoms with E-state index in [1.54, 1.807) is 20.2 Å². The summed E-state index contributed by atoms with van der Waals surface area (Å²) in [6.45, 7) is 5.96. The molecule has 2 atom stereocenters. The summed E-state index contributed by atoms with van der Waals surface area (Å²) < 4.78 is 11.8. The number of hydrogen-bond acceptors (Lipinski definition) is 7. The van der Waals surface area contributed by atoms with Gasteiger partial charge in [0.2, 0.25) is 5.88 Å². The molecule has 0 spiro atoms. The van der Waals surface area contributed by atoms with Gasteiger partial charge in [0, 0.05) is 42.7 Å². The Morgan fingerprint density at radius 2 is 1.80 bits per heavy atom. The molecule has 1 N–H and O–H groups in total. The summed E-state index contributed by atoms with van der Waals surface area (Å²) in [6, 6.07) is 15.8. The number of carbonyl (C=O) groups is 2. The number of methoxy groups -OCH3 is 1. The predicted octanol–water partition coefficient (Wildman–Crippen LogP) is 7.00. The van der Waals surface area contributed by atoms with Crippen molar-refractivity contribution < 1.29 is 24.2 Å². The zero-order valence-electron chi connectivity index (χ0n) is 26.7. The van der Waals surface area contributed by atoms with Crippen molar-refractivity contribution in [3.63, 3.8) is 0 Å². The molecule has 0 unspecified atom stereocenters. The van der Waals surface area contributed by atoms with Crippen LogP contribution in [0.25, 0.3) is 0 Å². The van der Waals surface area contributed by atoms with Gasteiger partial charge in [-0.15, -0.1) is 0 Å². The topological polar surface area (TPSA) is 102 Å². The first-order valence-electron chi connectivity index (χ1n) is 16.5. The van der Waals surface area contributed by atoms with Gasteiger partial charge in [-0.1, -0.05) is 25.8 Å². The molecule has 2 aromatic heterocycles. The van der Waals surface area contributed by atoms with Gasteiger partial charge in [0.1, 0.15) is 5.75 Å². The highest BCUT2D eigenvalue weighted by molar-refractivity contribution is 6.08. The van der Waals surface area contributed by atoms with E-state index in [1.165, 1.54) is 0 Å². The Bertz CT molecular complexity index is 1520. The standard InChI is InChI=1S/C37H45N3O5/c1-24-7-6-8-32(39-24)37(16-4-5-17-37)35(41)30-12-11-29(44-3)22-31(30)40-19-14-26(15-20-40)23-45-33-21-28(13-18-38-33)34(27-9-10-27)25(2)36(42)43/h6-8,11-13,18,21-22,25-27,34H,4-5,9-10,14-17,19-20,23H2,1-3H3,(H,42,43)/t25-,34+/m1/s1. The zero-order chi connectivity index (χ0) is 31.6. The maximum Gasteiger partial charge on any atom is 0.306 e. The fourth-order valence-electron chi connectivity index (χ4n) is 7.57. The van der Waals surface area contributed by atoms with Gasteiger partial charge >= 0.3 is 5.97 Å². The first-order chi connectivity index (χ1) is 21.8. The minimum atomic E-state index is -0.760. The molecule has 2 saturated carbocycles. The number of benzene rings is 1. The Morgan fingerprint density at radius 3 is 2.47 bits per heavy atom. The van der Waals surface area contributed by atoms with Crippen molar-refractivity contribution in [2.75, 3.05) is 31.7 Å². The Morgan fingerprint density at radius 1 is 1.04 bits per heavy atom. The molecule has 0 amide bonds. The molecule has 3 heterocycles. The molecule has 3 fully saturated rings. The van der Waals surface area contributed by atoms with Gasteiger partial charge in [-0.3, -0.25) is 14.6 Å². The number of rotatable bonds is 12. The van der Waals surface area contributed by atoms with E-state index in [1.807, 2.05) is 55.5 Å². The normalized spacial score (nSPS) is 19.6. The Balaban J connectivity index is 1.14. The maximum absolute atomic E-state index is 14.5. The van der Waals surface area contributed by atoms with Crippen molar-refractivity contribution in [2.24, 2.45) is 17.8 Å². The van der Waals surface area contributed by atoms with Crippen LogP contribution in [0.4, 0.5) is 5.69 Å². The minimum absolute atomic E-state index is 0.0130. The molecular formula is C37H45N3O5. The first kappa shape index (κ1) is 31.1. The number of piperidine rings is 1. The number of aryl methyl sites for hydroxylation is 1. The number of carboxylic acid groups (broad SMARTS) is 1. The van der Waals surface area contributed by atoms with Crippen molar-refractivity contribution in [1.82, 2.24) is 9.97 Å². The van der Waals surface area contributed by atoms with E-state index in [2.05, 4.69) is 9.88 Å². The molecule has 8 heteroatoms. The number of ketones is 1. The summed E-state index contributed by atoms with van der Waals surface area (Å²) in [7, 11) is 1.66. The smallest absolute Gasteiger partial charge is 0.306 e. The van der Waals surface area contributed by atoms with Crippen molar-refractivity contribution in [1.29, 1.82) is 0 Å². The first-order valence-corrected chi connectivity index (χ1v) is 16.5. The number of Topliss-reactive ketones (excluding diaryl/α,β-unsaturated/α-hetero) is 1. The Hall–Kier alpha value is -3.94. The van der Waals surface area contributed by atoms with Crippen LogP contribution in [0.3, 0.4) is 0 Å². The number of pyridine rings is 2. The molecule has 45 heavy (non-hydrogen) atoms. The SMILES string of the molecule is COc1ccc(C(=O)C2(c3cccc(C)n3)CCCC2)c(N2CCC(COc3cc([C@H](C4CC4)[C@@H](C)C(=O)O)ccn3)CC2)c1. The number of aliphatic carboxylic acids is 1. The highest BCUT2D eigenvalue weighted by Gasteiger charge is 2.45. The number of anilines is 1. The number of nitrogens with zero attached hydrogens (tertiary/aromatic N) is 3. The lowest BCUT2D eigenvalue weighted by molar-refractivity contribution is -0.142. The minimum Gasteiger partial charge on any atom is -0.497 e. The molecule has 0 bridgehead atoms. The molecule has 1 aliphatic heterocycles. The van der Waals surface area contributed by atoms with E-state index in [0.29, 0.717) is 24.3 Å². The number of carbonyl (C=O) groups excluding carboxylic acids is 1. The van der Waals surface area contributed by atoms with Crippen LogP contribution in [-0.2, 0) is 10.2 Å². The molecule has 1 saturated heterocycles. The predicted molar refractivity (Wildman–Crippen MR) is 173 cm³/mol. The number of hydrogen-bond donors (Lipinski definition) is 1. The van der Waals surface area contributed by atoms with Crippen LogP contribution in [0.2, 0.25) is 0 Å². The fourth-order valence-corrected chi connectivity index (χ4v) is 7.57. The molecule has 6 rings (SSSR count). The van der Waals surface area contributed by atoms with Crippen molar-refractivity contribution >= 4 is 17.4 Å². The van der Waals surface area contributed by atoms with Gasteiger partial charge in [0.25, 0.3) is 0 Å². The summed E-state index contributed by atoms with van der Waals surface area (Å²) in [5.74, 6) is 1.02. The number of aromatic nitrogens is 2. The van der Waals surface area contributed by atoms with Crippen LogP contribution in [0.1, 0.15) is 91.5 Å². The summed E-state index contributed by atoms with van der Waals surface area (Å²) in [4.78, 5) is 37.9. The summed E-state index contributed by atoms with van der Waals surface area (Å²) >= 11 is 0. The summed E-state index contributed by atoms with van der Waals surface area (Å²) in [6.07, 6.45) is 9.42. The van der Waals surface area contributed by atoms with Crippen molar-refractivity contribution in [2.45, 2.75) is 76.5 Å². The van der Waals surface area contributed by atoms with E-state index >= 15 is 0 Å². The van der Waals surface area contributed by atoms with E-state index in [-0.39, 0.29) is 11.7 Å². The third kappa shape index (κ3) is 6.56. The Labute approximate surface area is 266 Å². The van der Waals surface area contributed by atoms with Crippen molar-refractivity contribution in [3.8, 4) is 11.6 Å². The molecule has 238 valence electrons. The lowest BCUT2D eigenvalue weighted by Crippen LogP contribution is -2.39. The second-order valence-corrected chi connectivity index (χ2v) is 13.3. The molecule has 3 aliphatic rings. The van der Waals surface area contributed by atoms with Gasteiger partial charge in [-0.25, -0.2) is 4.98 Å². The van der Waals surface area contributed by atoms with Gasteiger partial charge < -0.3 is 19.5 Å². The van der Waals surface area contributed by atoms with E-state index in [4.69, 9.17) is 14.5 Å². The summed E-state index contributed by atoms with van der Waals surface area (Å²) in [5, 5.41) is 9.66. The lowest BCUT2D eigenvalue weighted by atomic mass is 9.75. The van der Waals surface area contributed by atoms with E-state index < -0.39 is 17.3 Å². The molecule has 0 radical (unpaired) electrons. The van der Waals surface area contributed by atoms with Crippen molar-refractivity contribution in [3.05, 3.63) is 77.2 Å².